The molecule has 0 unspecified atom stereocenters. The van der Waals surface area contributed by atoms with E-state index in [1.807, 2.05) is 12.1 Å². The Morgan fingerprint density at radius 2 is 1.90 bits per heavy atom. The van der Waals surface area contributed by atoms with Gasteiger partial charge in [-0.1, -0.05) is 12.1 Å². The van der Waals surface area contributed by atoms with Crippen molar-refractivity contribution in [1.82, 2.24) is 0 Å². The SMILES string of the molecule is Nc1cccc2c1CN(c1ccc([N+](=O)[O-])cc1)CC2. The molecule has 3 rings (SSSR count). The molecule has 0 spiro atoms. The maximum atomic E-state index is 10.7. The van der Waals surface area contributed by atoms with Crippen LogP contribution in [0.15, 0.2) is 42.5 Å². The molecule has 0 aromatic heterocycles. The van der Waals surface area contributed by atoms with Crippen LogP contribution in [-0.2, 0) is 13.0 Å². The van der Waals surface area contributed by atoms with Crippen LogP contribution in [0.1, 0.15) is 11.1 Å². The predicted molar refractivity (Wildman–Crippen MR) is 78.7 cm³/mol. The molecule has 5 nitrogen and oxygen atoms in total. The molecule has 1 aliphatic heterocycles. The van der Waals surface area contributed by atoms with Crippen molar-refractivity contribution in [2.45, 2.75) is 13.0 Å². The lowest BCUT2D eigenvalue weighted by Crippen LogP contribution is -2.30. The first-order valence-electron chi connectivity index (χ1n) is 6.51. The summed E-state index contributed by atoms with van der Waals surface area (Å²) in [7, 11) is 0. The summed E-state index contributed by atoms with van der Waals surface area (Å²) in [6.07, 6.45) is 0.942. The second-order valence-electron chi connectivity index (χ2n) is 4.93. The molecule has 5 heteroatoms. The molecule has 20 heavy (non-hydrogen) atoms. The standard InChI is InChI=1S/C15H15N3O2/c16-15-3-1-2-11-8-9-17(10-14(11)15)12-4-6-13(7-5-12)18(19)20/h1-7H,8-10,16H2. The minimum atomic E-state index is -0.382. The molecule has 2 N–H and O–H groups in total. The van der Waals surface area contributed by atoms with E-state index in [2.05, 4.69) is 11.0 Å². The zero-order valence-electron chi connectivity index (χ0n) is 11.0. The molecule has 102 valence electrons. The summed E-state index contributed by atoms with van der Waals surface area (Å²) < 4.78 is 0. The van der Waals surface area contributed by atoms with Crippen molar-refractivity contribution in [3.05, 3.63) is 63.7 Å². The largest absolute Gasteiger partial charge is 0.398 e. The quantitative estimate of drug-likeness (QED) is 0.517. The van der Waals surface area contributed by atoms with Crippen LogP contribution in [-0.4, -0.2) is 11.5 Å². The van der Waals surface area contributed by atoms with Gasteiger partial charge in [-0.2, -0.15) is 0 Å². The summed E-state index contributed by atoms with van der Waals surface area (Å²) in [5, 5.41) is 10.7. The Kier molecular flexibility index (Phi) is 3.02. The number of benzene rings is 2. The summed E-state index contributed by atoms with van der Waals surface area (Å²) >= 11 is 0. The number of anilines is 2. The highest BCUT2D eigenvalue weighted by atomic mass is 16.6. The van der Waals surface area contributed by atoms with Crippen molar-refractivity contribution in [2.24, 2.45) is 0 Å². The Balaban J connectivity index is 1.86. The van der Waals surface area contributed by atoms with E-state index in [1.54, 1.807) is 24.3 Å². The van der Waals surface area contributed by atoms with Gasteiger partial charge < -0.3 is 10.6 Å². The molecule has 1 aliphatic rings. The maximum Gasteiger partial charge on any atom is 0.269 e. The second kappa shape index (κ2) is 4.85. The third-order valence-corrected chi connectivity index (χ3v) is 3.73. The monoisotopic (exact) mass is 269 g/mol. The first kappa shape index (κ1) is 12.5. The van der Waals surface area contributed by atoms with Gasteiger partial charge in [-0.05, 0) is 35.7 Å². The van der Waals surface area contributed by atoms with Crippen LogP contribution in [0.3, 0.4) is 0 Å². The predicted octanol–water partition coefficient (Wildman–Crippen LogP) is 2.74. The van der Waals surface area contributed by atoms with E-state index in [4.69, 9.17) is 5.73 Å². The molecule has 2 aromatic carbocycles. The molecule has 0 saturated heterocycles. The Morgan fingerprint density at radius 3 is 2.60 bits per heavy atom. The number of hydrogen-bond donors (Lipinski definition) is 1. The minimum absolute atomic E-state index is 0.116. The first-order valence-corrected chi connectivity index (χ1v) is 6.51. The fourth-order valence-corrected chi connectivity index (χ4v) is 2.61. The lowest BCUT2D eigenvalue weighted by Gasteiger charge is -2.31. The number of rotatable bonds is 2. The van der Waals surface area contributed by atoms with Gasteiger partial charge in [0, 0.05) is 36.6 Å². The highest BCUT2D eigenvalue weighted by molar-refractivity contribution is 5.58. The number of nitrogen functional groups attached to an aromatic ring is 1. The smallest absolute Gasteiger partial charge is 0.269 e. The number of nitrogens with two attached hydrogens (primary N) is 1. The number of fused-ring (bicyclic) bond motifs is 1. The fraction of sp³-hybridized carbons (Fsp3) is 0.200. The second-order valence-corrected chi connectivity index (χ2v) is 4.93. The molecule has 1 heterocycles. The van der Waals surface area contributed by atoms with Crippen molar-refractivity contribution >= 4 is 17.1 Å². The van der Waals surface area contributed by atoms with Crippen LogP contribution >= 0.6 is 0 Å². The molecular formula is C15H15N3O2. The molecule has 0 bridgehead atoms. The van der Waals surface area contributed by atoms with E-state index in [1.165, 1.54) is 5.56 Å². The van der Waals surface area contributed by atoms with Gasteiger partial charge in [-0.3, -0.25) is 10.1 Å². The number of nitro groups is 1. The van der Waals surface area contributed by atoms with E-state index >= 15 is 0 Å². The van der Waals surface area contributed by atoms with Crippen LogP contribution in [0.5, 0.6) is 0 Å². The van der Waals surface area contributed by atoms with E-state index in [0.29, 0.717) is 0 Å². The Labute approximate surface area is 116 Å². The number of nitrogens with zero attached hydrogens (tertiary/aromatic N) is 2. The summed E-state index contributed by atoms with van der Waals surface area (Å²) in [6.45, 7) is 1.65. The van der Waals surface area contributed by atoms with Gasteiger partial charge in [0.05, 0.1) is 4.92 Å². The maximum absolute atomic E-state index is 10.7. The highest BCUT2D eigenvalue weighted by Crippen LogP contribution is 2.28. The molecule has 0 atom stereocenters. The van der Waals surface area contributed by atoms with Gasteiger partial charge in [0.2, 0.25) is 0 Å². The zero-order valence-corrected chi connectivity index (χ0v) is 11.0. The Hall–Kier alpha value is -2.56. The Morgan fingerprint density at radius 1 is 1.15 bits per heavy atom. The van der Waals surface area contributed by atoms with Crippen molar-refractivity contribution in [3.63, 3.8) is 0 Å². The molecule has 0 aliphatic carbocycles. The highest BCUT2D eigenvalue weighted by Gasteiger charge is 2.18. The number of hydrogen-bond acceptors (Lipinski definition) is 4. The molecule has 0 radical (unpaired) electrons. The molecule has 0 amide bonds. The van der Waals surface area contributed by atoms with Crippen molar-refractivity contribution in [1.29, 1.82) is 0 Å². The number of non-ortho nitro benzene ring substituents is 1. The van der Waals surface area contributed by atoms with Gasteiger partial charge in [0.15, 0.2) is 0 Å². The minimum Gasteiger partial charge on any atom is -0.398 e. The topological polar surface area (TPSA) is 72.4 Å². The molecular weight excluding hydrogens is 254 g/mol. The summed E-state index contributed by atoms with van der Waals surface area (Å²) in [4.78, 5) is 12.5. The molecule has 2 aromatic rings. The van der Waals surface area contributed by atoms with E-state index in [-0.39, 0.29) is 10.6 Å². The van der Waals surface area contributed by atoms with Crippen LogP contribution < -0.4 is 10.6 Å². The van der Waals surface area contributed by atoms with Crippen molar-refractivity contribution < 1.29 is 4.92 Å². The van der Waals surface area contributed by atoms with Gasteiger partial charge in [0.1, 0.15) is 0 Å². The van der Waals surface area contributed by atoms with Gasteiger partial charge in [-0.15, -0.1) is 0 Å². The number of nitro benzene ring substituents is 1. The first-order chi connectivity index (χ1) is 9.65. The van der Waals surface area contributed by atoms with Crippen LogP contribution in [0, 0.1) is 10.1 Å². The lowest BCUT2D eigenvalue weighted by atomic mass is 9.98. The third-order valence-electron chi connectivity index (χ3n) is 3.73. The Bertz CT molecular complexity index is 653. The van der Waals surface area contributed by atoms with E-state index < -0.39 is 0 Å². The zero-order chi connectivity index (χ0) is 14.1. The molecule has 0 saturated carbocycles. The van der Waals surface area contributed by atoms with E-state index in [0.717, 1.165) is 36.4 Å². The summed E-state index contributed by atoms with van der Waals surface area (Å²) in [5.41, 5.74) is 10.4. The van der Waals surface area contributed by atoms with Gasteiger partial charge >= 0.3 is 0 Å². The average Bonchev–Trinajstić information content (AvgIpc) is 2.47. The van der Waals surface area contributed by atoms with Crippen LogP contribution in [0.2, 0.25) is 0 Å². The van der Waals surface area contributed by atoms with Crippen LogP contribution in [0.4, 0.5) is 17.1 Å². The third kappa shape index (κ3) is 2.18. The van der Waals surface area contributed by atoms with E-state index in [9.17, 15) is 10.1 Å². The van der Waals surface area contributed by atoms with Crippen LogP contribution in [0.25, 0.3) is 0 Å². The van der Waals surface area contributed by atoms with Gasteiger partial charge in [0.25, 0.3) is 5.69 Å². The average molecular weight is 269 g/mol. The summed E-state index contributed by atoms with van der Waals surface area (Å²) in [6, 6.07) is 12.7. The fourth-order valence-electron chi connectivity index (χ4n) is 2.61. The van der Waals surface area contributed by atoms with Crippen molar-refractivity contribution in [3.8, 4) is 0 Å². The lowest BCUT2D eigenvalue weighted by molar-refractivity contribution is -0.384. The summed E-state index contributed by atoms with van der Waals surface area (Å²) in [5.74, 6) is 0. The van der Waals surface area contributed by atoms with Gasteiger partial charge in [-0.25, -0.2) is 0 Å². The van der Waals surface area contributed by atoms with Crippen molar-refractivity contribution in [2.75, 3.05) is 17.2 Å². The normalized spacial score (nSPS) is 13.9. The molecule has 0 fully saturated rings.